The molecule has 13 heavy (non-hydrogen) atoms. The van der Waals surface area contributed by atoms with Gasteiger partial charge in [-0.2, -0.15) is 0 Å². The molecule has 70 valence electrons. The molecule has 4 heteroatoms. The molecule has 0 radical (unpaired) electrons. The number of aromatic hydroxyl groups is 1. The first-order valence-corrected chi connectivity index (χ1v) is 3.70. The van der Waals surface area contributed by atoms with Crippen molar-refractivity contribution in [3.8, 4) is 5.75 Å². The summed E-state index contributed by atoms with van der Waals surface area (Å²) in [6.07, 6.45) is -0.417. The molecule has 0 saturated heterocycles. The van der Waals surface area contributed by atoms with E-state index in [1.807, 2.05) is 0 Å². The van der Waals surface area contributed by atoms with Gasteiger partial charge in [0.25, 0.3) is 0 Å². The van der Waals surface area contributed by atoms with Gasteiger partial charge in [0, 0.05) is 5.56 Å². The highest BCUT2D eigenvalue weighted by Crippen LogP contribution is 2.20. The van der Waals surface area contributed by atoms with E-state index < -0.39 is 18.2 Å². The number of phenols is 1. The Morgan fingerprint density at radius 3 is 2.69 bits per heavy atom. The number of carboxylic acid groups (broad SMARTS) is 1. The van der Waals surface area contributed by atoms with Crippen molar-refractivity contribution in [1.82, 2.24) is 0 Å². The first-order chi connectivity index (χ1) is 6.00. The van der Waals surface area contributed by atoms with Crippen molar-refractivity contribution < 1.29 is 19.4 Å². The second-order valence-electron chi connectivity index (χ2n) is 2.80. The lowest BCUT2D eigenvalue weighted by Crippen LogP contribution is -2.02. The molecule has 0 unspecified atom stereocenters. The zero-order chi connectivity index (χ0) is 10.0. The first kappa shape index (κ1) is 9.51. The van der Waals surface area contributed by atoms with Gasteiger partial charge >= 0.3 is 5.97 Å². The van der Waals surface area contributed by atoms with E-state index in [1.54, 1.807) is 6.92 Å². The van der Waals surface area contributed by atoms with Gasteiger partial charge in [0.2, 0.25) is 0 Å². The normalized spacial score (nSPS) is 10.0. The molecule has 0 heterocycles. The standard InChI is InChI=1S/C9H9FO3/c1-5-2-7(10)6(3-8(5)11)4-9(12)13/h2-3,11H,4H2,1H3,(H,12,13). The largest absolute Gasteiger partial charge is 0.508 e. The van der Waals surface area contributed by atoms with Crippen molar-refractivity contribution >= 4 is 5.97 Å². The molecule has 0 aromatic heterocycles. The minimum Gasteiger partial charge on any atom is -0.508 e. The molecule has 0 aliphatic rings. The zero-order valence-corrected chi connectivity index (χ0v) is 7.04. The van der Waals surface area contributed by atoms with Gasteiger partial charge in [-0.1, -0.05) is 0 Å². The summed E-state index contributed by atoms with van der Waals surface area (Å²) in [5.74, 6) is -1.81. The number of phenolic OH excluding ortho intramolecular Hbond substituents is 1. The van der Waals surface area contributed by atoms with Crippen LogP contribution >= 0.6 is 0 Å². The Kier molecular flexibility index (Phi) is 2.51. The number of rotatable bonds is 2. The molecular weight excluding hydrogens is 175 g/mol. The second kappa shape index (κ2) is 3.43. The molecule has 0 spiro atoms. The number of benzene rings is 1. The molecule has 1 aromatic carbocycles. The Bertz CT molecular complexity index is 347. The van der Waals surface area contributed by atoms with Crippen molar-refractivity contribution in [2.75, 3.05) is 0 Å². The van der Waals surface area contributed by atoms with Crippen molar-refractivity contribution in [3.63, 3.8) is 0 Å². The Balaban J connectivity index is 3.08. The summed E-state index contributed by atoms with van der Waals surface area (Å²) in [5.41, 5.74) is 0.391. The minimum atomic E-state index is -1.12. The van der Waals surface area contributed by atoms with Crippen LogP contribution in [-0.2, 0) is 11.2 Å². The fraction of sp³-hybridized carbons (Fsp3) is 0.222. The van der Waals surface area contributed by atoms with Crippen molar-refractivity contribution in [2.24, 2.45) is 0 Å². The predicted molar refractivity (Wildman–Crippen MR) is 44.1 cm³/mol. The summed E-state index contributed by atoms with van der Waals surface area (Å²) >= 11 is 0. The van der Waals surface area contributed by atoms with Gasteiger partial charge in [0.1, 0.15) is 11.6 Å². The molecule has 1 rings (SSSR count). The molecule has 0 fully saturated rings. The van der Waals surface area contributed by atoms with Crippen LogP contribution in [0, 0.1) is 12.7 Å². The molecule has 0 aliphatic carbocycles. The van der Waals surface area contributed by atoms with Gasteiger partial charge in [0.15, 0.2) is 0 Å². The maximum Gasteiger partial charge on any atom is 0.307 e. The summed E-state index contributed by atoms with van der Waals surface area (Å²) in [6, 6.07) is 2.26. The molecule has 0 atom stereocenters. The van der Waals surface area contributed by atoms with Gasteiger partial charge in [-0.3, -0.25) is 4.79 Å². The highest BCUT2D eigenvalue weighted by Gasteiger charge is 2.09. The molecule has 3 nitrogen and oxygen atoms in total. The van der Waals surface area contributed by atoms with E-state index in [0.29, 0.717) is 5.56 Å². The van der Waals surface area contributed by atoms with Crippen molar-refractivity contribution in [1.29, 1.82) is 0 Å². The number of halogens is 1. The van der Waals surface area contributed by atoms with Crippen LogP contribution in [0.15, 0.2) is 12.1 Å². The van der Waals surface area contributed by atoms with Gasteiger partial charge in [0.05, 0.1) is 6.42 Å². The number of carboxylic acids is 1. The van der Waals surface area contributed by atoms with Gasteiger partial charge in [-0.15, -0.1) is 0 Å². The summed E-state index contributed by atoms with van der Waals surface area (Å²) in [5, 5.41) is 17.6. The van der Waals surface area contributed by atoms with E-state index in [2.05, 4.69) is 0 Å². The Morgan fingerprint density at radius 1 is 1.54 bits per heavy atom. The average molecular weight is 184 g/mol. The third kappa shape index (κ3) is 2.18. The van der Waals surface area contributed by atoms with E-state index in [9.17, 15) is 14.3 Å². The van der Waals surface area contributed by atoms with E-state index >= 15 is 0 Å². The Hall–Kier alpha value is -1.58. The van der Waals surface area contributed by atoms with E-state index in [1.165, 1.54) is 0 Å². The van der Waals surface area contributed by atoms with Crippen LogP contribution in [0.5, 0.6) is 5.75 Å². The van der Waals surface area contributed by atoms with E-state index in [0.717, 1.165) is 12.1 Å². The minimum absolute atomic E-state index is 0.00407. The van der Waals surface area contributed by atoms with Crippen LogP contribution in [0.1, 0.15) is 11.1 Å². The first-order valence-electron chi connectivity index (χ1n) is 3.70. The van der Waals surface area contributed by atoms with Crippen molar-refractivity contribution in [3.05, 3.63) is 29.1 Å². The SMILES string of the molecule is Cc1cc(F)c(CC(=O)O)cc1O. The Labute approximate surface area is 74.4 Å². The number of aryl methyl sites for hydroxylation is 1. The number of hydrogen-bond donors (Lipinski definition) is 2. The molecular formula is C9H9FO3. The smallest absolute Gasteiger partial charge is 0.307 e. The molecule has 1 aromatic rings. The van der Waals surface area contributed by atoms with Crippen LogP contribution in [0.4, 0.5) is 4.39 Å². The number of hydrogen-bond acceptors (Lipinski definition) is 2. The lowest BCUT2D eigenvalue weighted by molar-refractivity contribution is -0.136. The fourth-order valence-corrected chi connectivity index (χ4v) is 1.00. The van der Waals surface area contributed by atoms with Gasteiger partial charge in [-0.05, 0) is 24.6 Å². The highest BCUT2D eigenvalue weighted by molar-refractivity contribution is 5.70. The fourth-order valence-electron chi connectivity index (χ4n) is 1.00. The summed E-state index contributed by atoms with van der Waals surface area (Å²) in [7, 11) is 0. The third-order valence-corrected chi connectivity index (χ3v) is 1.71. The zero-order valence-electron chi connectivity index (χ0n) is 7.04. The lowest BCUT2D eigenvalue weighted by Gasteiger charge is -2.03. The average Bonchev–Trinajstić information content (AvgIpc) is 1.99. The van der Waals surface area contributed by atoms with E-state index in [4.69, 9.17) is 5.11 Å². The Morgan fingerprint density at radius 2 is 2.15 bits per heavy atom. The number of carbonyl (C=O) groups is 1. The van der Waals surface area contributed by atoms with Crippen LogP contribution in [0.25, 0.3) is 0 Å². The number of aliphatic carboxylic acids is 1. The summed E-state index contributed by atoms with van der Waals surface area (Å²) in [4.78, 5) is 10.3. The second-order valence-corrected chi connectivity index (χ2v) is 2.80. The predicted octanol–water partition coefficient (Wildman–Crippen LogP) is 1.47. The summed E-state index contributed by atoms with van der Waals surface area (Å²) < 4.78 is 13.0. The third-order valence-electron chi connectivity index (χ3n) is 1.71. The van der Waals surface area contributed by atoms with Crippen LogP contribution in [0.3, 0.4) is 0 Å². The molecule has 0 bridgehead atoms. The van der Waals surface area contributed by atoms with Gasteiger partial charge < -0.3 is 10.2 Å². The van der Waals surface area contributed by atoms with Gasteiger partial charge in [-0.25, -0.2) is 4.39 Å². The van der Waals surface area contributed by atoms with Crippen LogP contribution < -0.4 is 0 Å². The van der Waals surface area contributed by atoms with Crippen LogP contribution in [0.2, 0.25) is 0 Å². The monoisotopic (exact) mass is 184 g/mol. The molecule has 2 N–H and O–H groups in total. The molecule has 0 aliphatic heterocycles. The topological polar surface area (TPSA) is 57.5 Å². The maximum atomic E-state index is 13.0. The highest BCUT2D eigenvalue weighted by atomic mass is 19.1. The summed E-state index contributed by atoms with van der Waals surface area (Å²) in [6.45, 7) is 1.54. The lowest BCUT2D eigenvalue weighted by atomic mass is 10.1. The van der Waals surface area contributed by atoms with Crippen molar-refractivity contribution in [2.45, 2.75) is 13.3 Å². The quantitative estimate of drug-likeness (QED) is 0.731. The van der Waals surface area contributed by atoms with Crippen LogP contribution in [-0.4, -0.2) is 16.2 Å². The molecule has 0 saturated carbocycles. The maximum absolute atomic E-state index is 13.0. The molecule has 0 amide bonds. The van der Waals surface area contributed by atoms with E-state index in [-0.39, 0.29) is 11.3 Å².